The van der Waals surface area contributed by atoms with E-state index in [0.717, 1.165) is 18.4 Å². The van der Waals surface area contributed by atoms with Crippen LogP contribution in [0.3, 0.4) is 0 Å². The van der Waals surface area contributed by atoms with Crippen LogP contribution in [0.2, 0.25) is 0 Å². The number of rotatable bonds is 8. The first kappa shape index (κ1) is 18.4. The second kappa shape index (κ2) is 8.81. The zero-order chi connectivity index (χ0) is 17.4. The molecule has 5 heteroatoms. The van der Waals surface area contributed by atoms with Crippen molar-refractivity contribution in [2.45, 2.75) is 38.5 Å². The average molecular weight is 346 g/mol. The van der Waals surface area contributed by atoms with E-state index in [1.165, 1.54) is 0 Å². The first-order chi connectivity index (χ1) is 11.6. The van der Waals surface area contributed by atoms with E-state index in [-0.39, 0.29) is 6.61 Å². The minimum Gasteiger partial charge on any atom is -0.454 e. The molecule has 0 amide bonds. The van der Waals surface area contributed by atoms with Gasteiger partial charge >= 0.3 is 13.1 Å². The topological polar surface area (TPSA) is 63.6 Å². The summed E-state index contributed by atoms with van der Waals surface area (Å²) in [5.41, 5.74) is -0.248. The van der Waals surface area contributed by atoms with Gasteiger partial charge in [0.15, 0.2) is 0 Å². The van der Waals surface area contributed by atoms with Crippen LogP contribution in [0.5, 0.6) is 0 Å². The van der Waals surface area contributed by atoms with Crippen LogP contribution in [-0.2, 0) is 15.9 Å². The van der Waals surface area contributed by atoms with Crippen molar-refractivity contribution >= 4 is 13.1 Å². The second-order valence-electron chi connectivity index (χ2n) is 5.73. The lowest BCUT2D eigenvalue weighted by atomic mass is 10.1. The SMILES string of the molecule is CCCCC(c1ccccc1)P(=O)(O)C(=O)OCc1ccccc1. The first-order valence-electron chi connectivity index (χ1n) is 8.14. The molecular formula is C19H23O4P. The van der Waals surface area contributed by atoms with Gasteiger partial charge in [0.05, 0.1) is 5.66 Å². The van der Waals surface area contributed by atoms with Crippen molar-refractivity contribution in [3.8, 4) is 0 Å². The quantitative estimate of drug-likeness (QED) is 0.639. The van der Waals surface area contributed by atoms with E-state index in [0.29, 0.717) is 12.0 Å². The van der Waals surface area contributed by atoms with E-state index < -0.39 is 18.7 Å². The van der Waals surface area contributed by atoms with Gasteiger partial charge in [-0.25, -0.2) is 4.79 Å². The highest BCUT2D eigenvalue weighted by atomic mass is 31.2. The fourth-order valence-corrected chi connectivity index (χ4v) is 4.17. The molecule has 24 heavy (non-hydrogen) atoms. The molecule has 1 N–H and O–H groups in total. The summed E-state index contributed by atoms with van der Waals surface area (Å²) in [5, 5.41) is 0. The van der Waals surface area contributed by atoms with Crippen LogP contribution in [-0.4, -0.2) is 10.6 Å². The van der Waals surface area contributed by atoms with Crippen LogP contribution in [0.4, 0.5) is 4.79 Å². The summed E-state index contributed by atoms with van der Waals surface area (Å²) in [5.74, 6) is 0. The molecule has 0 radical (unpaired) electrons. The third-order valence-electron chi connectivity index (χ3n) is 3.90. The summed E-state index contributed by atoms with van der Waals surface area (Å²) in [6.45, 7) is 2.01. The zero-order valence-corrected chi connectivity index (χ0v) is 14.7. The molecule has 0 aliphatic rings. The van der Waals surface area contributed by atoms with Crippen LogP contribution in [0.1, 0.15) is 43.0 Å². The number of carbonyl (C=O) groups excluding carboxylic acids is 1. The van der Waals surface area contributed by atoms with Gasteiger partial charge < -0.3 is 9.63 Å². The van der Waals surface area contributed by atoms with Crippen LogP contribution >= 0.6 is 7.37 Å². The summed E-state index contributed by atoms with van der Waals surface area (Å²) in [4.78, 5) is 22.8. The Kier molecular flexibility index (Phi) is 6.77. The summed E-state index contributed by atoms with van der Waals surface area (Å²) < 4.78 is 17.9. The maximum absolute atomic E-state index is 12.8. The molecule has 0 aromatic heterocycles. The van der Waals surface area contributed by atoms with Crippen molar-refractivity contribution in [3.63, 3.8) is 0 Å². The Morgan fingerprint density at radius 3 is 2.25 bits per heavy atom. The van der Waals surface area contributed by atoms with E-state index in [2.05, 4.69) is 0 Å². The molecule has 2 aromatic carbocycles. The maximum atomic E-state index is 12.8. The minimum absolute atomic E-state index is 0.000485. The maximum Gasteiger partial charge on any atom is 0.392 e. The molecule has 0 saturated carbocycles. The van der Waals surface area contributed by atoms with Crippen molar-refractivity contribution in [2.24, 2.45) is 0 Å². The van der Waals surface area contributed by atoms with Crippen LogP contribution < -0.4 is 0 Å². The molecule has 2 aromatic rings. The average Bonchev–Trinajstić information content (AvgIpc) is 2.61. The van der Waals surface area contributed by atoms with Crippen LogP contribution in [0.25, 0.3) is 0 Å². The van der Waals surface area contributed by atoms with Crippen LogP contribution in [0.15, 0.2) is 60.7 Å². The van der Waals surface area contributed by atoms with Gasteiger partial charge in [-0.15, -0.1) is 0 Å². The van der Waals surface area contributed by atoms with Gasteiger partial charge in [-0.1, -0.05) is 80.4 Å². The number of unbranched alkanes of at least 4 members (excludes halogenated alkanes) is 1. The molecule has 0 aliphatic heterocycles. The normalized spacial score (nSPS) is 14.6. The summed E-state index contributed by atoms with van der Waals surface area (Å²) in [6, 6.07) is 18.2. The Labute approximate surface area is 142 Å². The summed E-state index contributed by atoms with van der Waals surface area (Å²) >= 11 is 0. The molecule has 2 unspecified atom stereocenters. The molecule has 4 nitrogen and oxygen atoms in total. The number of benzene rings is 2. The second-order valence-corrected chi connectivity index (χ2v) is 7.97. The molecule has 2 rings (SSSR count). The Balaban J connectivity index is 2.13. The van der Waals surface area contributed by atoms with E-state index in [9.17, 15) is 14.3 Å². The van der Waals surface area contributed by atoms with Gasteiger partial charge in [-0.05, 0) is 17.5 Å². The third kappa shape index (κ3) is 4.80. The third-order valence-corrected chi connectivity index (χ3v) is 5.96. The van der Waals surface area contributed by atoms with Crippen molar-refractivity contribution in [1.29, 1.82) is 0 Å². The predicted molar refractivity (Wildman–Crippen MR) is 95.2 cm³/mol. The lowest BCUT2D eigenvalue weighted by molar-refractivity contribution is 0.161. The summed E-state index contributed by atoms with van der Waals surface area (Å²) in [6.07, 6.45) is 2.15. The van der Waals surface area contributed by atoms with Gasteiger partial charge in [0.25, 0.3) is 0 Å². The minimum atomic E-state index is -4.14. The lowest BCUT2D eigenvalue weighted by Crippen LogP contribution is -2.11. The van der Waals surface area contributed by atoms with Crippen LogP contribution in [0, 0.1) is 0 Å². The van der Waals surface area contributed by atoms with E-state index in [1.807, 2.05) is 43.3 Å². The molecule has 2 atom stereocenters. The van der Waals surface area contributed by atoms with Crippen molar-refractivity contribution in [3.05, 3.63) is 71.8 Å². The smallest absolute Gasteiger partial charge is 0.392 e. The van der Waals surface area contributed by atoms with E-state index in [4.69, 9.17) is 4.74 Å². The standard InChI is InChI=1S/C19H23O4P/c1-2-3-14-18(17-12-8-5-9-13-17)24(21,22)19(20)23-15-16-10-6-4-7-11-16/h4-13,18H,2-3,14-15H2,1H3,(H,21,22). The highest BCUT2D eigenvalue weighted by molar-refractivity contribution is 7.75. The van der Waals surface area contributed by atoms with Gasteiger partial charge in [0.2, 0.25) is 0 Å². The van der Waals surface area contributed by atoms with E-state index in [1.54, 1.807) is 24.3 Å². The Hall–Kier alpha value is -1.90. The lowest BCUT2D eigenvalue weighted by Gasteiger charge is -2.22. The number of ether oxygens (including phenoxy) is 1. The predicted octanol–water partition coefficient (Wildman–Crippen LogP) is 5.53. The van der Waals surface area contributed by atoms with Crippen molar-refractivity contribution in [1.82, 2.24) is 0 Å². The van der Waals surface area contributed by atoms with Gasteiger partial charge in [0.1, 0.15) is 6.61 Å². The molecule has 0 bridgehead atoms. The number of carbonyl (C=O) groups is 1. The highest BCUT2D eigenvalue weighted by Gasteiger charge is 2.40. The zero-order valence-electron chi connectivity index (χ0n) is 13.8. The molecule has 0 heterocycles. The first-order valence-corrected chi connectivity index (χ1v) is 9.87. The molecule has 0 spiro atoms. The van der Waals surface area contributed by atoms with Gasteiger partial charge in [-0.2, -0.15) is 0 Å². The monoisotopic (exact) mass is 346 g/mol. The molecule has 0 fully saturated rings. The Bertz CT molecular complexity index is 685. The fraction of sp³-hybridized carbons (Fsp3) is 0.316. The Morgan fingerprint density at radius 2 is 1.67 bits per heavy atom. The molecular weight excluding hydrogens is 323 g/mol. The van der Waals surface area contributed by atoms with Crippen molar-refractivity contribution in [2.75, 3.05) is 0 Å². The van der Waals surface area contributed by atoms with Gasteiger partial charge in [0, 0.05) is 0 Å². The molecule has 0 aliphatic carbocycles. The van der Waals surface area contributed by atoms with E-state index >= 15 is 0 Å². The van der Waals surface area contributed by atoms with Crippen molar-refractivity contribution < 1.29 is 19.0 Å². The highest BCUT2D eigenvalue weighted by Crippen LogP contribution is 2.59. The molecule has 128 valence electrons. The molecule has 0 saturated heterocycles. The number of hydrogen-bond donors (Lipinski definition) is 1. The Morgan fingerprint density at radius 1 is 1.08 bits per heavy atom. The van der Waals surface area contributed by atoms with Gasteiger partial charge in [-0.3, -0.25) is 4.57 Å². The number of hydrogen-bond acceptors (Lipinski definition) is 3. The largest absolute Gasteiger partial charge is 0.454 e. The fourth-order valence-electron chi connectivity index (χ4n) is 2.56. The summed E-state index contributed by atoms with van der Waals surface area (Å²) in [7, 11) is -4.14.